The van der Waals surface area contributed by atoms with Gasteiger partial charge in [-0.1, -0.05) is 23.9 Å². The Labute approximate surface area is 164 Å². The van der Waals surface area contributed by atoms with Gasteiger partial charge in [0.25, 0.3) is 5.22 Å². The van der Waals surface area contributed by atoms with Crippen molar-refractivity contribution in [3.63, 3.8) is 0 Å². The summed E-state index contributed by atoms with van der Waals surface area (Å²) in [6, 6.07) is 15.0. The van der Waals surface area contributed by atoms with Gasteiger partial charge in [-0.25, -0.2) is 4.98 Å². The van der Waals surface area contributed by atoms with Gasteiger partial charge in [0, 0.05) is 5.56 Å². The first-order valence-corrected chi connectivity index (χ1v) is 9.51. The van der Waals surface area contributed by atoms with Gasteiger partial charge < -0.3 is 19.5 Å². The second-order valence-corrected chi connectivity index (χ2v) is 6.79. The largest absolute Gasteiger partial charge is 0.497 e. The van der Waals surface area contributed by atoms with Gasteiger partial charge in [0.2, 0.25) is 11.8 Å². The van der Waals surface area contributed by atoms with E-state index in [9.17, 15) is 4.79 Å². The Morgan fingerprint density at radius 1 is 1.18 bits per heavy atom. The Morgan fingerprint density at radius 2 is 2.00 bits per heavy atom. The molecule has 142 valence electrons. The fraction of sp³-hybridized carbons (Fsp3) is 0.158. The molecule has 0 aliphatic rings. The standard InChI is InChI=1S/C19H17N5O3S/c1-26-13-8-6-12(7-9-13)18-23-24-19(27-18)28-11-17(25)20-10-16-21-14-4-2-3-5-15(14)22-16/h2-9H,10-11H2,1H3,(H,20,25)(H,21,22). The number of amides is 1. The van der Waals surface area contributed by atoms with E-state index in [-0.39, 0.29) is 11.7 Å². The van der Waals surface area contributed by atoms with Gasteiger partial charge in [-0.3, -0.25) is 4.79 Å². The number of rotatable bonds is 7. The smallest absolute Gasteiger partial charge is 0.277 e. The van der Waals surface area contributed by atoms with Crippen molar-refractivity contribution < 1.29 is 13.9 Å². The van der Waals surface area contributed by atoms with Crippen LogP contribution in [-0.2, 0) is 11.3 Å². The van der Waals surface area contributed by atoms with Crippen LogP contribution in [0.25, 0.3) is 22.5 Å². The van der Waals surface area contributed by atoms with Crippen LogP contribution >= 0.6 is 11.8 Å². The summed E-state index contributed by atoms with van der Waals surface area (Å²) in [5, 5.41) is 11.1. The molecule has 1 amide bonds. The van der Waals surface area contributed by atoms with E-state index in [0.29, 0.717) is 23.5 Å². The summed E-state index contributed by atoms with van der Waals surface area (Å²) >= 11 is 1.18. The summed E-state index contributed by atoms with van der Waals surface area (Å²) in [6.45, 7) is 0.328. The van der Waals surface area contributed by atoms with Crippen LogP contribution in [0.3, 0.4) is 0 Å². The number of para-hydroxylation sites is 2. The number of methoxy groups -OCH3 is 1. The average Bonchev–Trinajstić information content (AvgIpc) is 3.37. The fourth-order valence-corrected chi connectivity index (χ4v) is 3.16. The van der Waals surface area contributed by atoms with Crippen LogP contribution in [0, 0.1) is 0 Å². The van der Waals surface area contributed by atoms with E-state index < -0.39 is 0 Å². The van der Waals surface area contributed by atoms with Gasteiger partial charge in [-0.15, -0.1) is 10.2 Å². The first-order valence-electron chi connectivity index (χ1n) is 8.52. The summed E-state index contributed by atoms with van der Waals surface area (Å²) in [5.41, 5.74) is 2.60. The van der Waals surface area contributed by atoms with Crippen molar-refractivity contribution >= 4 is 28.7 Å². The van der Waals surface area contributed by atoms with Crippen LogP contribution < -0.4 is 10.1 Å². The number of fused-ring (bicyclic) bond motifs is 1. The number of imidazole rings is 1. The number of hydrogen-bond acceptors (Lipinski definition) is 7. The lowest BCUT2D eigenvalue weighted by molar-refractivity contribution is -0.118. The van der Waals surface area contributed by atoms with Crippen LogP contribution in [0.5, 0.6) is 5.75 Å². The highest BCUT2D eigenvalue weighted by molar-refractivity contribution is 7.99. The minimum absolute atomic E-state index is 0.144. The molecule has 2 heterocycles. The molecule has 4 aromatic rings. The van der Waals surface area contributed by atoms with E-state index in [2.05, 4.69) is 25.5 Å². The molecule has 4 rings (SSSR count). The molecule has 2 aromatic heterocycles. The van der Waals surface area contributed by atoms with Crippen molar-refractivity contribution in [1.29, 1.82) is 0 Å². The van der Waals surface area contributed by atoms with E-state index in [1.807, 2.05) is 48.5 Å². The van der Waals surface area contributed by atoms with Crippen LogP contribution in [0.4, 0.5) is 0 Å². The van der Waals surface area contributed by atoms with Crippen molar-refractivity contribution in [1.82, 2.24) is 25.5 Å². The predicted octanol–water partition coefficient (Wildman–Crippen LogP) is 3.03. The lowest BCUT2D eigenvalue weighted by Gasteiger charge is -2.01. The predicted molar refractivity (Wildman–Crippen MR) is 105 cm³/mol. The summed E-state index contributed by atoms with van der Waals surface area (Å²) in [6.07, 6.45) is 0. The van der Waals surface area contributed by atoms with E-state index in [0.717, 1.165) is 22.3 Å². The third kappa shape index (κ3) is 4.15. The molecule has 0 unspecified atom stereocenters. The molecule has 2 aromatic carbocycles. The molecule has 0 aliphatic carbocycles. The number of benzene rings is 2. The molecule has 0 spiro atoms. The first kappa shape index (κ1) is 18.1. The number of ether oxygens (including phenoxy) is 1. The number of aromatic amines is 1. The third-order valence-electron chi connectivity index (χ3n) is 3.96. The average molecular weight is 395 g/mol. The molecular weight excluding hydrogens is 378 g/mol. The van der Waals surface area contributed by atoms with Gasteiger partial charge in [0.15, 0.2) is 0 Å². The lowest BCUT2D eigenvalue weighted by atomic mass is 10.2. The number of nitrogens with zero attached hydrogens (tertiary/aromatic N) is 3. The Bertz CT molecular complexity index is 1060. The summed E-state index contributed by atoms with van der Waals surface area (Å²) in [4.78, 5) is 19.7. The highest BCUT2D eigenvalue weighted by Gasteiger charge is 2.12. The zero-order valence-electron chi connectivity index (χ0n) is 15.0. The van der Waals surface area contributed by atoms with E-state index in [1.165, 1.54) is 11.8 Å². The maximum atomic E-state index is 12.1. The quantitative estimate of drug-likeness (QED) is 0.463. The Balaban J connectivity index is 1.29. The van der Waals surface area contributed by atoms with Gasteiger partial charge in [0.1, 0.15) is 11.6 Å². The summed E-state index contributed by atoms with van der Waals surface area (Å²) < 4.78 is 10.7. The number of carbonyl (C=O) groups is 1. The maximum Gasteiger partial charge on any atom is 0.277 e. The van der Waals surface area contributed by atoms with Crippen molar-refractivity contribution in [2.45, 2.75) is 11.8 Å². The van der Waals surface area contributed by atoms with Gasteiger partial charge in [0.05, 0.1) is 30.4 Å². The number of aromatic nitrogens is 4. The molecule has 0 atom stereocenters. The monoisotopic (exact) mass is 395 g/mol. The van der Waals surface area contributed by atoms with E-state index >= 15 is 0 Å². The zero-order valence-corrected chi connectivity index (χ0v) is 15.8. The van der Waals surface area contributed by atoms with Gasteiger partial charge >= 0.3 is 0 Å². The Kier molecular flexibility index (Phi) is 5.24. The molecule has 28 heavy (non-hydrogen) atoms. The molecule has 0 radical (unpaired) electrons. The molecule has 9 heteroatoms. The number of nitrogens with one attached hydrogen (secondary N) is 2. The summed E-state index contributed by atoms with van der Waals surface area (Å²) in [7, 11) is 1.61. The SMILES string of the molecule is COc1ccc(-c2nnc(SCC(=O)NCc3nc4ccccc4[nH]3)o2)cc1. The molecule has 2 N–H and O–H groups in total. The molecular formula is C19H17N5O3S. The van der Waals surface area contributed by atoms with Gasteiger partial charge in [-0.2, -0.15) is 0 Å². The summed E-state index contributed by atoms with van der Waals surface area (Å²) in [5.74, 6) is 1.88. The number of H-pyrrole nitrogens is 1. The molecule has 0 fully saturated rings. The van der Waals surface area contributed by atoms with Crippen molar-refractivity contribution in [3.05, 3.63) is 54.4 Å². The highest BCUT2D eigenvalue weighted by atomic mass is 32.2. The third-order valence-corrected chi connectivity index (χ3v) is 4.78. The number of carbonyl (C=O) groups excluding carboxylic acids is 1. The van der Waals surface area contributed by atoms with Crippen LogP contribution in [-0.4, -0.2) is 38.9 Å². The fourth-order valence-electron chi connectivity index (χ4n) is 2.57. The number of hydrogen-bond donors (Lipinski definition) is 2. The minimum atomic E-state index is -0.144. The minimum Gasteiger partial charge on any atom is -0.497 e. The van der Waals surface area contributed by atoms with E-state index in [4.69, 9.17) is 9.15 Å². The zero-order chi connectivity index (χ0) is 19.3. The molecule has 0 saturated carbocycles. The normalized spacial score (nSPS) is 10.9. The van der Waals surface area contributed by atoms with Crippen LogP contribution in [0.1, 0.15) is 5.82 Å². The highest BCUT2D eigenvalue weighted by Crippen LogP contribution is 2.24. The van der Waals surface area contributed by atoms with Crippen molar-refractivity contribution in [2.24, 2.45) is 0 Å². The van der Waals surface area contributed by atoms with Crippen molar-refractivity contribution in [3.8, 4) is 17.2 Å². The Morgan fingerprint density at radius 3 is 2.79 bits per heavy atom. The molecule has 0 aliphatic heterocycles. The lowest BCUT2D eigenvalue weighted by Crippen LogP contribution is -2.25. The second-order valence-electron chi connectivity index (χ2n) is 5.87. The molecule has 0 bridgehead atoms. The molecule has 8 nitrogen and oxygen atoms in total. The number of thioether (sulfide) groups is 1. The van der Waals surface area contributed by atoms with Crippen molar-refractivity contribution in [2.75, 3.05) is 12.9 Å². The first-order chi connectivity index (χ1) is 13.7. The van der Waals surface area contributed by atoms with Crippen LogP contribution in [0.15, 0.2) is 58.2 Å². The van der Waals surface area contributed by atoms with Crippen LogP contribution in [0.2, 0.25) is 0 Å². The topological polar surface area (TPSA) is 106 Å². The maximum absolute atomic E-state index is 12.1. The van der Waals surface area contributed by atoms with Gasteiger partial charge in [-0.05, 0) is 36.4 Å². The second kappa shape index (κ2) is 8.13. The van der Waals surface area contributed by atoms with E-state index in [1.54, 1.807) is 7.11 Å². The molecule has 0 saturated heterocycles. The Hall–Kier alpha value is -3.33.